The van der Waals surface area contributed by atoms with Crippen molar-refractivity contribution in [1.29, 1.82) is 0 Å². The van der Waals surface area contributed by atoms with E-state index < -0.39 is 10.0 Å². The van der Waals surface area contributed by atoms with Gasteiger partial charge in [-0.25, -0.2) is 13.1 Å². The normalized spacial score (nSPS) is 11.5. The zero-order valence-electron chi connectivity index (χ0n) is 11.4. The number of hydrogen-bond donors (Lipinski definition) is 1. The fraction of sp³-hybridized carbons (Fsp3) is 0.286. The average molecular weight is 311 g/mol. The van der Waals surface area contributed by atoms with Gasteiger partial charge in [0.25, 0.3) is 0 Å². The van der Waals surface area contributed by atoms with Crippen LogP contribution < -0.4 is 9.46 Å². The van der Waals surface area contributed by atoms with E-state index in [4.69, 9.17) is 4.74 Å². The third-order valence-electron chi connectivity index (χ3n) is 2.81. The maximum atomic E-state index is 11.9. The van der Waals surface area contributed by atoms with Gasteiger partial charge in [-0.15, -0.1) is 11.3 Å². The van der Waals surface area contributed by atoms with Gasteiger partial charge in [0.1, 0.15) is 16.6 Å². The molecule has 0 saturated heterocycles. The van der Waals surface area contributed by atoms with Crippen LogP contribution in [0.4, 0.5) is 0 Å². The second kappa shape index (κ2) is 6.39. The van der Waals surface area contributed by atoms with Crippen LogP contribution in [-0.4, -0.2) is 21.6 Å². The first kappa shape index (κ1) is 15.0. The number of thiophene rings is 1. The van der Waals surface area contributed by atoms with E-state index in [0.29, 0.717) is 10.8 Å². The zero-order valence-corrected chi connectivity index (χ0v) is 13.1. The van der Waals surface area contributed by atoms with Gasteiger partial charge in [-0.05, 0) is 36.4 Å². The zero-order chi connectivity index (χ0) is 14.6. The highest BCUT2D eigenvalue weighted by atomic mass is 32.2. The van der Waals surface area contributed by atoms with Crippen LogP contribution in [0.25, 0.3) is 0 Å². The van der Waals surface area contributed by atoms with Crippen LogP contribution in [0.5, 0.6) is 5.75 Å². The highest BCUT2D eigenvalue weighted by molar-refractivity contribution is 7.91. The second-order valence-corrected chi connectivity index (χ2v) is 7.34. The minimum absolute atomic E-state index is 0.244. The summed E-state index contributed by atoms with van der Waals surface area (Å²) in [7, 11) is -3.40. The van der Waals surface area contributed by atoms with Crippen LogP contribution in [0.1, 0.15) is 11.1 Å². The Labute approximate surface area is 123 Å². The van der Waals surface area contributed by atoms with Crippen LogP contribution in [0.3, 0.4) is 0 Å². The molecule has 2 rings (SSSR count). The van der Waals surface area contributed by atoms with Crippen molar-refractivity contribution < 1.29 is 13.2 Å². The number of hydrogen-bond acceptors (Lipinski definition) is 4. The van der Waals surface area contributed by atoms with Crippen molar-refractivity contribution in [2.75, 3.05) is 13.2 Å². The summed E-state index contributed by atoms with van der Waals surface area (Å²) in [6.07, 6.45) is 0. The van der Waals surface area contributed by atoms with Crippen molar-refractivity contribution in [2.45, 2.75) is 18.1 Å². The molecule has 1 aromatic heterocycles. The molecule has 0 aliphatic heterocycles. The average Bonchev–Trinajstić information content (AvgIpc) is 2.92. The summed E-state index contributed by atoms with van der Waals surface area (Å²) >= 11 is 1.20. The molecule has 1 aromatic carbocycles. The Kier molecular flexibility index (Phi) is 4.80. The van der Waals surface area contributed by atoms with Gasteiger partial charge in [-0.1, -0.05) is 24.3 Å². The molecule has 108 valence electrons. The van der Waals surface area contributed by atoms with Crippen LogP contribution >= 0.6 is 11.3 Å². The molecule has 0 amide bonds. The first-order chi connectivity index (χ1) is 9.50. The molecule has 0 fully saturated rings. The van der Waals surface area contributed by atoms with Gasteiger partial charge in [0.2, 0.25) is 10.0 Å². The molecule has 0 aliphatic carbocycles. The van der Waals surface area contributed by atoms with Crippen LogP contribution in [0.2, 0.25) is 0 Å². The van der Waals surface area contributed by atoms with E-state index >= 15 is 0 Å². The van der Waals surface area contributed by atoms with Crippen molar-refractivity contribution >= 4 is 21.4 Å². The quantitative estimate of drug-likeness (QED) is 0.835. The fourth-order valence-electron chi connectivity index (χ4n) is 1.84. The standard InChI is InChI=1S/C14H17NO3S2/c1-11-5-3-6-12(2)14(11)18-9-8-15-20(16,17)13-7-4-10-19-13/h3-7,10,15H,8-9H2,1-2H3. The summed E-state index contributed by atoms with van der Waals surface area (Å²) in [5, 5.41) is 1.74. The van der Waals surface area contributed by atoms with Gasteiger partial charge in [-0.3, -0.25) is 0 Å². The van der Waals surface area contributed by atoms with Crippen LogP contribution in [-0.2, 0) is 10.0 Å². The Balaban J connectivity index is 1.89. The molecule has 1 heterocycles. The maximum absolute atomic E-state index is 11.9. The van der Waals surface area contributed by atoms with Gasteiger partial charge >= 0.3 is 0 Å². The summed E-state index contributed by atoms with van der Waals surface area (Å²) < 4.78 is 32.3. The molecule has 0 atom stereocenters. The number of nitrogens with one attached hydrogen (secondary N) is 1. The predicted octanol–water partition coefficient (Wildman–Crippen LogP) is 2.72. The van der Waals surface area contributed by atoms with Gasteiger partial charge in [0.05, 0.1) is 0 Å². The highest BCUT2D eigenvalue weighted by Gasteiger charge is 2.14. The fourth-order valence-corrected chi connectivity index (χ4v) is 3.89. The Morgan fingerprint density at radius 2 is 1.85 bits per heavy atom. The Morgan fingerprint density at radius 3 is 2.45 bits per heavy atom. The Morgan fingerprint density at radius 1 is 1.15 bits per heavy atom. The number of para-hydroxylation sites is 1. The molecule has 2 aromatic rings. The van der Waals surface area contributed by atoms with E-state index in [1.54, 1.807) is 17.5 Å². The number of sulfonamides is 1. The first-order valence-corrected chi connectivity index (χ1v) is 8.59. The van der Waals surface area contributed by atoms with Crippen molar-refractivity contribution in [3.8, 4) is 5.75 Å². The summed E-state index contributed by atoms with van der Waals surface area (Å²) in [6, 6.07) is 9.21. The van der Waals surface area contributed by atoms with Crippen molar-refractivity contribution in [1.82, 2.24) is 4.72 Å². The molecular weight excluding hydrogens is 294 g/mol. The van der Waals surface area contributed by atoms with Crippen LogP contribution in [0, 0.1) is 13.8 Å². The van der Waals surface area contributed by atoms with Crippen LogP contribution in [0.15, 0.2) is 39.9 Å². The monoisotopic (exact) mass is 311 g/mol. The van der Waals surface area contributed by atoms with Crippen molar-refractivity contribution in [2.24, 2.45) is 0 Å². The third kappa shape index (κ3) is 3.59. The molecule has 0 aliphatic rings. The van der Waals surface area contributed by atoms with E-state index in [9.17, 15) is 8.42 Å². The smallest absolute Gasteiger partial charge is 0.250 e. The summed E-state index contributed by atoms with van der Waals surface area (Å²) in [5.41, 5.74) is 2.09. The van der Waals surface area contributed by atoms with Crippen molar-refractivity contribution in [3.63, 3.8) is 0 Å². The van der Waals surface area contributed by atoms with E-state index in [2.05, 4.69) is 4.72 Å². The van der Waals surface area contributed by atoms with Gasteiger partial charge < -0.3 is 4.74 Å². The lowest BCUT2D eigenvalue weighted by atomic mass is 10.1. The molecule has 0 bridgehead atoms. The SMILES string of the molecule is Cc1cccc(C)c1OCCNS(=O)(=O)c1cccs1. The topological polar surface area (TPSA) is 55.4 Å². The molecule has 6 heteroatoms. The molecular formula is C14H17NO3S2. The molecule has 0 radical (unpaired) electrons. The summed E-state index contributed by atoms with van der Waals surface area (Å²) in [4.78, 5) is 0. The predicted molar refractivity (Wildman–Crippen MR) is 80.9 cm³/mol. The lowest BCUT2D eigenvalue weighted by Crippen LogP contribution is -2.27. The number of benzene rings is 1. The minimum Gasteiger partial charge on any atom is -0.492 e. The number of ether oxygens (including phenoxy) is 1. The molecule has 20 heavy (non-hydrogen) atoms. The van der Waals surface area contributed by atoms with E-state index in [-0.39, 0.29) is 6.54 Å². The lowest BCUT2D eigenvalue weighted by Gasteiger charge is -2.12. The molecule has 1 N–H and O–H groups in total. The first-order valence-electron chi connectivity index (χ1n) is 6.23. The van der Waals surface area contributed by atoms with Gasteiger partial charge in [-0.2, -0.15) is 0 Å². The Hall–Kier alpha value is -1.37. The highest BCUT2D eigenvalue weighted by Crippen LogP contribution is 2.22. The van der Waals surface area contributed by atoms with E-state index in [1.165, 1.54) is 11.3 Å². The maximum Gasteiger partial charge on any atom is 0.250 e. The third-order valence-corrected chi connectivity index (χ3v) is 5.67. The molecule has 0 spiro atoms. The number of rotatable bonds is 6. The minimum atomic E-state index is -3.40. The largest absolute Gasteiger partial charge is 0.492 e. The van der Waals surface area contributed by atoms with E-state index in [0.717, 1.165) is 16.9 Å². The second-order valence-electron chi connectivity index (χ2n) is 4.40. The summed E-state index contributed by atoms with van der Waals surface area (Å²) in [6.45, 7) is 4.49. The molecule has 0 unspecified atom stereocenters. The van der Waals surface area contributed by atoms with E-state index in [1.807, 2.05) is 32.0 Å². The van der Waals surface area contributed by atoms with Crippen molar-refractivity contribution in [3.05, 3.63) is 46.8 Å². The molecule has 0 saturated carbocycles. The van der Waals surface area contributed by atoms with Gasteiger partial charge in [0, 0.05) is 6.54 Å². The lowest BCUT2D eigenvalue weighted by molar-refractivity contribution is 0.318. The summed E-state index contributed by atoms with van der Waals surface area (Å²) in [5.74, 6) is 0.822. The van der Waals surface area contributed by atoms with Gasteiger partial charge in [0.15, 0.2) is 0 Å². The Bertz CT molecular complexity index is 643. The molecule has 4 nitrogen and oxygen atoms in total. The number of aryl methyl sites for hydroxylation is 2.